The topological polar surface area (TPSA) is 18.5 Å². The molecule has 3 aromatic rings. The van der Waals surface area contributed by atoms with E-state index >= 15 is 0 Å². The lowest BCUT2D eigenvalue weighted by atomic mass is 10.1. The van der Waals surface area contributed by atoms with E-state index in [1.54, 1.807) is 25.6 Å². The van der Waals surface area contributed by atoms with Crippen LogP contribution in [0, 0.1) is 0 Å². The van der Waals surface area contributed by atoms with Gasteiger partial charge in [0.2, 0.25) is 0 Å². The summed E-state index contributed by atoms with van der Waals surface area (Å²) in [7, 11) is 3.37. The zero-order chi connectivity index (χ0) is 14.1. The van der Waals surface area contributed by atoms with E-state index in [0.29, 0.717) is 0 Å². The first-order chi connectivity index (χ1) is 9.72. The van der Waals surface area contributed by atoms with Crippen LogP contribution in [0.5, 0.6) is 11.5 Å². The van der Waals surface area contributed by atoms with Crippen molar-refractivity contribution in [2.45, 2.75) is 0 Å². The highest BCUT2D eigenvalue weighted by Crippen LogP contribution is 2.43. The highest BCUT2D eigenvalue weighted by Gasteiger charge is 2.12. The zero-order valence-corrected chi connectivity index (χ0v) is 13.5. The van der Waals surface area contributed by atoms with Crippen molar-refractivity contribution in [2.75, 3.05) is 14.2 Å². The van der Waals surface area contributed by atoms with Gasteiger partial charge in [-0.3, -0.25) is 0 Å². The van der Waals surface area contributed by atoms with Crippen molar-refractivity contribution in [2.24, 2.45) is 0 Å². The Morgan fingerprint density at radius 1 is 0.900 bits per heavy atom. The van der Waals surface area contributed by atoms with Gasteiger partial charge in [-0.05, 0) is 64.0 Å². The molecule has 0 aliphatic heterocycles. The number of hydrogen-bond donors (Lipinski definition) is 0. The maximum atomic E-state index is 5.28. The van der Waals surface area contributed by atoms with Crippen LogP contribution < -0.4 is 9.47 Å². The maximum absolute atomic E-state index is 5.28. The van der Waals surface area contributed by atoms with E-state index in [9.17, 15) is 0 Å². The summed E-state index contributed by atoms with van der Waals surface area (Å²) in [4.78, 5) is 1.22. The molecule has 102 valence electrons. The van der Waals surface area contributed by atoms with Gasteiger partial charge < -0.3 is 9.47 Å². The largest absolute Gasteiger partial charge is 0.497 e. The van der Waals surface area contributed by atoms with Gasteiger partial charge >= 0.3 is 0 Å². The fraction of sp³-hybridized carbons (Fsp3) is 0.125. The van der Waals surface area contributed by atoms with E-state index in [2.05, 4.69) is 40.2 Å². The first kappa shape index (κ1) is 13.5. The molecule has 1 heterocycles. The lowest BCUT2D eigenvalue weighted by Crippen LogP contribution is -1.81. The third-order valence-corrected chi connectivity index (χ3v) is 5.48. The Morgan fingerprint density at radius 3 is 2.20 bits per heavy atom. The molecule has 0 aliphatic rings. The molecule has 0 spiro atoms. The number of ether oxygens (including phenoxy) is 2. The van der Waals surface area contributed by atoms with Gasteiger partial charge in [0.05, 0.1) is 14.2 Å². The second-order valence-electron chi connectivity index (χ2n) is 4.34. The molecule has 4 heteroatoms. The van der Waals surface area contributed by atoms with E-state index < -0.39 is 0 Å². The minimum atomic E-state index is 0.868. The first-order valence-corrected chi connectivity index (χ1v) is 7.74. The van der Waals surface area contributed by atoms with E-state index in [1.807, 2.05) is 18.2 Å². The van der Waals surface area contributed by atoms with Gasteiger partial charge in [0.25, 0.3) is 0 Å². The molecule has 0 unspecified atom stereocenters. The molecule has 0 atom stereocenters. The van der Waals surface area contributed by atoms with Crippen molar-refractivity contribution in [1.29, 1.82) is 0 Å². The predicted octanol–water partition coefficient (Wildman–Crippen LogP) is 5.35. The van der Waals surface area contributed by atoms with Gasteiger partial charge in [-0.25, -0.2) is 0 Å². The Kier molecular flexibility index (Phi) is 3.68. The van der Waals surface area contributed by atoms with Crippen LogP contribution in [0.25, 0.3) is 20.5 Å². The molecule has 2 nitrogen and oxygen atoms in total. The fourth-order valence-electron chi connectivity index (χ4n) is 2.10. The van der Waals surface area contributed by atoms with E-state index in [0.717, 1.165) is 16.0 Å². The Labute approximate surface area is 130 Å². The smallest absolute Gasteiger partial charge is 0.120 e. The summed E-state index contributed by atoms with van der Waals surface area (Å²) < 4.78 is 12.8. The number of rotatable bonds is 3. The minimum Gasteiger partial charge on any atom is -0.497 e. The molecule has 3 rings (SSSR count). The third-order valence-electron chi connectivity index (χ3n) is 3.19. The molecule has 0 N–H and O–H groups in total. The Morgan fingerprint density at radius 2 is 1.55 bits per heavy atom. The number of halogens is 1. The lowest BCUT2D eigenvalue weighted by Gasteiger charge is -2.02. The number of benzene rings is 2. The van der Waals surface area contributed by atoms with Crippen LogP contribution in [0.1, 0.15) is 0 Å². The highest BCUT2D eigenvalue weighted by molar-refractivity contribution is 9.10. The molecule has 0 bridgehead atoms. The summed E-state index contributed by atoms with van der Waals surface area (Å²) in [6.45, 7) is 0. The standard InChI is InChI=1S/C16H13BrO2S/c1-18-11-5-3-10(4-6-11)16-15(17)13-8-7-12(19-2)9-14(13)20-16/h3-9H,1-2H3. The van der Waals surface area contributed by atoms with Gasteiger partial charge in [-0.2, -0.15) is 0 Å². The van der Waals surface area contributed by atoms with Crippen LogP contribution in [0.15, 0.2) is 46.9 Å². The quantitative estimate of drug-likeness (QED) is 0.635. The first-order valence-electron chi connectivity index (χ1n) is 6.13. The van der Waals surface area contributed by atoms with Crippen molar-refractivity contribution in [3.05, 3.63) is 46.9 Å². The van der Waals surface area contributed by atoms with E-state index in [-0.39, 0.29) is 0 Å². The molecule has 0 amide bonds. The van der Waals surface area contributed by atoms with Crippen molar-refractivity contribution >= 4 is 37.4 Å². The fourth-order valence-corrected chi connectivity index (χ4v) is 4.18. The Hall–Kier alpha value is -1.52. The van der Waals surface area contributed by atoms with Gasteiger partial charge in [-0.15, -0.1) is 11.3 Å². The van der Waals surface area contributed by atoms with Gasteiger partial charge in [0, 0.05) is 19.4 Å². The number of methoxy groups -OCH3 is 2. The molecule has 0 saturated carbocycles. The van der Waals surface area contributed by atoms with Crippen LogP contribution in [0.3, 0.4) is 0 Å². The number of fused-ring (bicyclic) bond motifs is 1. The summed E-state index contributed by atoms with van der Waals surface area (Å²) in [5.74, 6) is 1.75. The van der Waals surface area contributed by atoms with Crippen molar-refractivity contribution < 1.29 is 9.47 Å². The van der Waals surface area contributed by atoms with Gasteiger partial charge in [0.15, 0.2) is 0 Å². The number of thiophene rings is 1. The second kappa shape index (κ2) is 5.46. The summed E-state index contributed by atoms with van der Waals surface area (Å²) in [6, 6.07) is 14.2. The molecule has 20 heavy (non-hydrogen) atoms. The SMILES string of the molecule is COc1ccc(-c2sc3cc(OC)ccc3c2Br)cc1. The molecule has 0 fully saturated rings. The summed E-state index contributed by atoms with van der Waals surface area (Å²) >= 11 is 5.46. The van der Waals surface area contributed by atoms with E-state index in [4.69, 9.17) is 9.47 Å². The maximum Gasteiger partial charge on any atom is 0.120 e. The average Bonchev–Trinajstić information content (AvgIpc) is 2.84. The van der Waals surface area contributed by atoms with Crippen LogP contribution in [0.2, 0.25) is 0 Å². The monoisotopic (exact) mass is 348 g/mol. The normalized spacial score (nSPS) is 10.8. The molecule has 0 aliphatic carbocycles. The van der Waals surface area contributed by atoms with Crippen LogP contribution in [-0.2, 0) is 0 Å². The summed E-state index contributed by atoms with van der Waals surface area (Å²) in [5, 5.41) is 1.21. The molecule has 0 radical (unpaired) electrons. The molecular weight excluding hydrogens is 336 g/mol. The van der Waals surface area contributed by atoms with Crippen LogP contribution in [0.4, 0.5) is 0 Å². The zero-order valence-electron chi connectivity index (χ0n) is 11.1. The molecule has 2 aromatic carbocycles. The van der Waals surface area contributed by atoms with E-state index in [1.165, 1.54) is 20.5 Å². The van der Waals surface area contributed by atoms with Crippen LogP contribution in [-0.4, -0.2) is 14.2 Å². The van der Waals surface area contributed by atoms with Crippen molar-refractivity contribution in [3.8, 4) is 21.9 Å². The summed E-state index contributed by atoms with van der Waals surface area (Å²) in [5.41, 5.74) is 1.18. The van der Waals surface area contributed by atoms with Crippen molar-refractivity contribution in [1.82, 2.24) is 0 Å². The Balaban J connectivity index is 2.12. The van der Waals surface area contributed by atoms with Gasteiger partial charge in [-0.1, -0.05) is 0 Å². The predicted molar refractivity (Wildman–Crippen MR) is 88.1 cm³/mol. The lowest BCUT2D eigenvalue weighted by molar-refractivity contribution is 0.415. The van der Waals surface area contributed by atoms with Gasteiger partial charge in [0.1, 0.15) is 11.5 Å². The average molecular weight is 349 g/mol. The third kappa shape index (κ3) is 2.30. The highest BCUT2D eigenvalue weighted by atomic mass is 79.9. The minimum absolute atomic E-state index is 0.868. The molecule has 0 saturated heterocycles. The van der Waals surface area contributed by atoms with Crippen LogP contribution >= 0.6 is 27.3 Å². The van der Waals surface area contributed by atoms with Crippen molar-refractivity contribution in [3.63, 3.8) is 0 Å². The second-order valence-corrected chi connectivity index (χ2v) is 6.18. The summed E-state index contributed by atoms with van der Waals surface area (Å²) in [6.07, 6.45) is 0. The number of hydrogen-bond acceptors (Lipinski definition) is 3. The molecule has 1 aromatic heterocycles. The Bertz CT molecular complexity index is 747. The molecular formula is C16H13BrO2S.